The third kappa shape index (κ3) is 4.49. The Kier molecular flexibility index (Phi) is 6.15. The number of likely N-dealkylation sites (tertiary alicyclic amines) is 1. The first kappa shape index (κ1) is 19.2. The number of fused-ring (bicyclic) bond motifs is 1. The lowest BCUT2D eigenvalue weighted by Crippen LogP contribution is -2.50. The molecule has 3 heterocycles. The van der Waals surface area contributed by atoms with Gasteiger partial charge in [0, 0.05) is 57.6 Å². The second-order valence-corrected chi connectivity index (χ2v) is 8.30. The monoisotopic (exact) mass is 382 g/mol. The average Bonchev–Trinajstić information content (AvgIpc) is 3.38. The molecular weight excluding hydrogens is 348 g/mol. The molecule has 2 aromatic heterocycles. The molecule has 1 saturated heterocycles. The highest BCUT2D eigenvalue weighted by Crippen LogP contribution is 2.26. The molecule has 2 N–H and O–H groups in total. The maximum Gasteiger partial charge on any atom is 0.191 e. The van der Waals surface area contributed by atoms with Crippen molar-refractivity contribution in [1.82, 2.24) is 24.9 Å². The molecule has 1 aliphatic heterocycles. The zero-order valence-electron chi connectivity index (χ0n) is 17.3. The average molecular weight is 383 g/mol. The Labute approximate surface area is 168 Å². The van der Waals surface area contributed by atoms with Gasteiger partial charge in [0.2, 0.25) is 0 Å². The molecule has 0 aromatic carbocycles. The van der Waals surface area contributed by atoms with Crippen molar-refractivity contribution in [3.8, 4) is 0 Å². The van der Waals surface area contributed by atoms with Crippen LogP contribution in [0.4, 0.5) is 0 Å². The Bertz CT molecular complexity index is 796. The van der Waals surface area contributed by atoms with Gasteiger partial charge in [0.05, 0.1) is 5.69 Å². The van der Waals surface area contributed by atoms with Gasteiger partial charge in [0.1, 0.15) is 5.65 Å². The fourth-order valence-corrected chi connectivity index (χ4v) is 4.70. The number of guanidine groups is 1. The summed E-state index contributed by atoms with van der Waals surface area (Å²) >= 11 is 0. The number of hydrogen-bond donors (Lipinski definition) is 2. The summed E-state index contributed by atoms with van der Waals surface area (Å²) in [5, 5.41) is 7.09. The first-order chi connectivity index (χ1) is 13.7. The van der Waals surface area contributed by atoms with Gasteiger partial charge in [0.25, 0.3) is 0 Å². The molecule has 0 bridgehead atoms. The minimum absolute atomic E-state index is 0.529. The zero-order chi connectivity index (χ0) is 19.3. The number of piperidine rings is 1. The third-order valence-electron chi connectivity index (χ3n) is 6.34. The quantitative estimate of drug-likeness (QED) is 0.617. The summed E-state index contributed by atoms with van der Waals surface area (Å²) in [5.74, 6) is 0.916. The molecule has 28 heavy (non-hydrogen) atoms. The van der Waals surface area contributed by atoms with E-state index in [2.05, 4.69) is 56.4 Å². The number of pyridine rings is 1. The van der Waals surface area contributed by atoms with Crippen LogP contribution in [0.15, 0.2) is 29.5 Å². The van der Waals surface area contributed by atoms with Crippen molar-refractivity contribution in [2.75, 3.05) is 26.7 Å². The van der Waals surface area contributed by atoms with E-state index in [9.17, 15) is 0 Å². The van der Waals surface area contributed by atoms with E-state index >= 15 is 0 Å². The third-order valence-corrected chi connectivity index (χ3v) is 6.34. The Balaban J connectivity index is 1.22. The van der Waals surface area contributed by atoms with Crippen LogP contribution < -0.4 is 10.6 Å². The number of nitrogens with zero attached hydrogens (tertiary/aromatic N) is 4. The second kappa shape index (κ2) is 8.95. The van der Waals surface area contributed by atoms with Crippen LogP contribution in [0.2, 0.25) is 0 Å². The molecular formula is C22H34N6. The van der Waals surface area contributed by atoms with Gasteiger partial charge in [-0.05, 0) is 44.2 Å². The fourth-order valence-electron chi connectivity index (χ4n) is 4.70. The lowest BCUT2D eigenvalue weighted by molar-refractivity contribution is 0.150. The maximum absolute atomic E-state index is 4.75. The van der Waals surface area contributed by atoms with E-state index < -0.39 is 0 Å². The molecule has 2 fully saturated rings. The molecule has 2 aromatic rings. The fraction of sp³-hybridized carbons (Fsp3) is 0.636. The van der Waals surface area contributed by atoms with Crippen molar-refractivity contribution >= 4 is 11.6 Å². The Hall–Kier alpha value is -2.08. The minimum Gasteiger partial charge on any atom is -0.356 e. The first-order valence-electron chi connectivity index (χ1n) is 10.9. The van der Waals surface area contributed by atoms with E-state index in [-0.39, 0.29) is 0 Å². The predicted molar refractivity (Wildman–Crippen MR) is 115 cm³/mol. The van der Waals surface area contributed by atoms with Crippen LogP contribution in [0.25, 0.3) is 5.65 Å². The number of rotatable bonds is 5. The summed E-state index contributed by atoms with van der Waals surface area (Å²) in [7, 11) is 1.86. The molecule has 0 amide bonds. The predicted octanol–water partition coefficient (Wildman–Crippen LogP) is 2.76. The molecule has 1 aliphatic carbocycles. The normalized spacial score (nSPS) is 20.1. The van der Waals surface area contributed by atoms with Crippen molar-refractivity contribution in [2.24, 2.45) is 4.99 Å². The van der Waals surface area contributed by atoms with E-state index in [0.29, 0.717) is 6.04 Å². The highest BCUT2D eigenvalue weighted by Gasteiger charge is 2.27. The van der Waals surface area contributed by atoms with Gasteiger partial charge >= 0.3 is 0 Å². The molecule has 2 aliphatic rings. The Morgan fingerprint density at radius 3 is 2.71 bits per heavy atom. The van der Waals surface area contributed by atoms with E-state index in [4.69, 9.17) is 4.98 Å². The topological polar surface area (TPSA) is 57.0 Å². The number of aryl methyl sites for hydroxylation is 1. The van der Waals surface area contributed by atoms with Crippen LogP contribution in [-0.4, -0.2) is 59.0 Å². The van der Waals surface area contributed by atoms with Gasteiger partial charge in [-0.1, -0.05) is 18.9 Å². The van der Waals surface area contributed by atoms with Gasteiger partial charge in [0.15, 0.2) is 5.96 Å². The van der Waals surface area contributed by atoms with Crippen molar-refractivity contribution in [3.63, 3.8) is 0 Å². The standard InChI is InChI=1S/C22H34N6/c1-17-6-5-13-28-16-19(25-21(17)28)9-12-24-22(23-2)26-18-10-14-27(15-11-18)20-7-3-4-8-20/h5-6,13,16,18,20H,3-4,7-12,14-15H2,1-2H3,(H2,23,24,26). The van der Waals surface area contributed by atoms with Crippen LogP contribution in [-0.2, 0) is 6.42 Å². The van der Waals surface area contributed by atoms with Crippen molar-refractivity contribution in [2.45, 2.75) is 64.0 Å². The maximum atomic E-state index is 4.75. The van der Waals surface area contributed by atoms with Gasteiger partial charge in [-0.15, -0.1) is 0 Å². The summed E-state index contributed by atoms with van der Waals surface area (Å²) in [5.41, 5.74) is 3.37. The molecule has 4 rings (SSSR count). The van der Waals surface area contributed by atoms with Gasteiger partial charge in [-0.2, -0.15) is 0 Å². The van der Waals surface area contributed by atoms with Gasteiger partial charge < -0.3 is 19.9 Å². The lowest BCUT2D eigenvalue weighted by Gasteiger charge is -2.36. The first-order valence-corrected chi connectivity index (χ1v) is 10.9. The van der Waals surface area contributed by atoms with E-state index in [0.717, 1.165) is 36.3 Å². The Morgan fingerprint density at radius 2 is 2.00 bits per heavy atom. The Morgan fingerprint density at radius 1 is 1.21 bits per heavy atom. The van der Waals surface area contributed by atoms with Crippen molar-refractivity contribution in [1.29, 1.82) is 0 Å². The summed E-state index contributed by atoms with van der Waals surface area (Å²) in [4.78, 5) is 11.9. The largest absolute Gasteiger partial charge is 0.356 e. The molecule has 0 atom stereocenters. The van der Waals surface area contributed by atoms with Gasteiger partial charge in [-0.3, -0.25) is 4.99 Å². The molecule has 6 heteroatoms. The molecule has 1 saturated carbocycles. The highest BCUT2D eigenvalue weighted by atomic mass is 15.2. The minimum atomic E-state index is 0.529. The molecule has 152 valence electrons. The van der Waals surface area contributed by atoms with Gasteiger partial charge in [-0.25, -0.2) is 4.98 Å². The second-order valence-electron chi connectivity index (χ2n) is 8.30. The van der Waals surface area contributed by atoms with Crippen LogP contribution in [0.5, 0.6) is 0 Å². The molecule has 6 nitrogen and oxygen atoms in total. The van der Waals surface area contributed by atoms with Crippen LogP contribution in [0, 0.1) is 6.92 Å². The van der Waals surface area contributed by atoms with Crippen molar-refractivity contribution in [3.05, 3.63) is 35.8 Å². The van der Waals surface area contributed by atoms with Crippen molar-refractivity contribution < 1.29 is 0 Å². The number of imidazole rings is 1. The summed E-state index contributed by atoms with van der Waals surface area (Å²) < 4.78 is 2.11. The van der Waals surface area contributed by atoms with E-state index in [1.165, 1.54) is 57.2 Å². The van der Waals surface area contributed by atoms with Crippen LogP contribution in [0.1, 0.15) is 49.8 Å². The number of nitrogens with one attached hydrogen (secondary N) is 2. The zero-order valence-corrected chi connectivity index (χ0v) is 17.3. The van der Waals surface area contributed by atoms with Crippen LogP contribution in [0.3, 0.4) is 0 Å². The SMILES string of the molecule is CN=C(NCCc1cn2cccc(C)c2n1)NC1CCN(C2CCCC2)CC1. The summed E-state index contributed by atoms with van der Waals surface area (Å²) in [6.07, 6.45) is 13.2. The van der Waals surface area contributed by atoms with E-state index in [1.807, 2.05) is 7.05 Å². The molecule has 0 radical (unpaired) electrons. The van der Waals surface area contributed by atoms with Crippen LogP contribution >= 0.6 is 0 Å². The number of aromatic nitrogens is 2. The smallest absolute Gasteiger partial charge is 0.191 e. The summed E-state index contributed by atoms with van der Waals surface area (Å²) in [6, 6.07) is 5.55. The molecule has 0 spiro atoms. The highest BCUT2D eigenvalue weighted by molar-refractivity contribution is 5.79. The number of aliphatic imine (C=N–C) groups is 1. The number of hydrogen-bond acceptors (Lipinski definition) is 3. The van der Waals surface area contributed by atoms with E-state index in [1.54, 1.807) is 0 Å². The summed E-state index contributed by atoms with van der Waals surface area (Å²) in [6.45, 7) is 5.39. The molecule has 0 unspecified atom stereocenters. The lowest BCUT2D eigenvalue weighted by atomic mass is 10.0.